The predicted octanol–water partition coefficient (Wildman–Crippen LogP) is 3.95. The number of halogens is 1. The Bertz CT molecular complexity index is 773. The van der Waals surface area contributed by atoms with Crippen LogP contribution in [0.1, 0.15) is 56.9 Å². The van der Waals surface area contributed by atoms with Crippen LogP contribution in [0.2, 0.25) is 0 Å². The third-order valence-electron chi connectivity index (χ3n) is 6.55. The Hall–Kier alpha value is -1.71. The van der Waals surface area contributed by atoms with Crippen LogP contribution >= 0.6 is 24.0 Å². The molecule has 0 saturated heterocycles. The normalized spacial score (nSPS) is 18.1. The summed E-state index contributed by atoms with van der Waals surface area (Å²) in [4.78, 5) is 18.9. The van der Waals surface area contributed by atoms with Crippen molar-refractivity contribution in [2.45, 2.75) is 64.0 Å². The minimum Gasteiger partial charge on any atom is -0.493 e. The lowest BCUT2D eigenvalue weighted by Gasteiger charge is -2.31. The smallest absolute Gasteiger partial charge is 0.230 e. The number of rotatable bonds is 8. The van der Waals surface area contributed by atoms with Crippen molar-refractivity contribution in [2.24, 2.45) is 10.4 Å². The number of carbonyl (C=O) groups excluding carboxylic acids is 1. The Labute approximate surface area is 209 Å². The number of hydrogen-bond acceptors (Lipinski definition) is 4. The first-order chi connectivity index (χ1) is 15.0. The van der Waals surface area contributed by atoms with Gasteiger partial charge >= 0.3 is 0 Å². The number of ether oxygens (including phenoxy) is 2. The third kappa shape index (κ3) is 6.42. The monoisotopic (exact) mass is 558 g/mol. The number of aliphatic imine (C=N–C) groups is 1. The van der Waals surface area contributed by atoms with Gasteiger partial charge in [-0.25, -0.2) is 0 Å². The van der Waals surface area contributed by atoms with E-state index in [1.807, 2.05) is 26.2 Å². The van der Waals surface area contributed by atoms with E-state index < -0.39 is 0 Å². The molecule has 0 heterocycles. The molecule has 2 aliphatic carbocycles. The molecule has 1 aromatic carbocycles. The van der Waals surface area contributed by atoms with Crippen molar-refractivity contribution in [3.63, 3.8) is 0 Å². The first kappa shape index (κ1) is 26.5. The lowest BCUT2D eigenvalue weighted by Crippen LogP contribution is -2.49. The molecule has 2 N–H and O–H groups in total. The standard InChI is InChI=1S/C24H38N4O3.HI/c1-25-23(27-17-24(14-7-8-15-24)22(29)28(2)3)26-16-18-10-9-13-20(30-4)21(18)31-19-11-5-6-12-19;/h9-10,13,19H,5-8,11-12,14-17H2,1-4H3,(H2,25,26,27);1H. The highest BCUT2D eigenvalue weighted by Gasteiger charge is 2.42. The molecule has 0 unspecified atom stereocenters. The van der Waals surface area contributed by atoms with Gasteiger partial charge in [0.25, 0.3) is 0 Å². The van der Waals surface area contributed by atoms with Crippen LogP contribution in [0.15, 0.2) is 23.2 Å². The van der Waals surface area contributed by atoms with E-state index >= 15 is 0 Å². The molecule has 1 amide bonds. The Balaban J connectivity index is 0.00000363. The van der Waals surface area contributed by atoms with Gasteiger partial charge in [0.05, 0.1) is 18.6 Å². The van der Waals surface area contributed by atoms with E-state index in [4.69, 9.17) is 9.47 Å². The van der Waals surface area contributed by atoms with Crippen molar-refractivity contribution >= 4 is 35.8 Å². The number of hydrogen-bond donors (Lipinski definition) is 2. The van der Waals surface area contributed by atoms with Gasteiger partial charge in [-0.1, -0.05) is 25.0 Å². The van der Waals surface area contributed by atoms with E-state index in [0.717, 1.165) is 55.6 Å². The number of benzene rings is 1. The fraction of sp³-hybridized carbons (Fsp3) is 0.667. The van der Waals surface area contributed by atoms with Crippen molar-refractivity contribution < 1.29 is 14.3 Å². The average Bonchev–Trinajstić information content (AvgIpc) is 3.47. The Morgan fingerprint density at radius 2 is 1.84 bits per heavy atom. The first-order valence-electron chi connectivity index (χ1n) is 11.5. The minimum atomic E-state index is -0.339. The quantitative estimate of drug-likeness (QED) is 0.287. The number of amides is 1. The minimum absolute atomic E-state index is 0. The predicted molar refractivity (Wildman–Crippen MR) is 139 cm³/mol. The summed E-state index contributed by atoms with van der Waals surface area (Å²) in [5.41, 5.74) is 0.697. The van der Waals surface area contributed by atoms with Gasteiger partial charge in [0, 0.05) is 39.8 Å². The SMILES string of the molecule is CN=C(NCc1cccc(OC)c1OC1CCCC1)NCC1(C(=O)N(C)C)CCCC1.I. The molecular weight excluding hydrogens is 519 g/mol. The van der Waals surface area contributed by atoms with Crippen LogP contribution in [0.4, 0.5) is 0 Å². The maximum Gasteiger partial charge on any atom is 0.230 e. The molecule has 8 heteroatoms. The number of para-hydroxylation sites is 1. The Morgan fingerprint density at radius 3 is 2.44 bits per heavy atom. The van der Waals surface area contributed by atoms with Crippen LogP contribution in [0.3, 0.4) is 0 Å². The summed E-state index contributed by atoms with van der Waals surface area (Å²) >= 11 is 0. The van der Waals surface area contributed by atoms with E-state index in [0.29, 0.717) is 19.0 Å². The van der Waals surface area contributed by atoms with Gasteiger partial charge in [-0.2, -0.15) is 0 Å². The first-order valence-corrected chi connectivity index (χ1v) is 11.5. The molecule has 2 saturated carbocycles. The van der Waals surface area contributed by atoms with E-state index in [9.17, 15) is 4.79 Å². The molecule has 7 nitrogen and oxygen atoms in total. The summed E-state index contributed by atoms with van der Waals surface area (Å²) in [6.07, 6.45) is 8.91. The number of guanidine groups is 1. The highest BCUT2D eigenvalue weighted by molar-refractivity contribution is 14.0. The number of nitrogens with zero attached hydrogens (tertiary/aromatic N) is 2. The van der Waals surface area contributed by atoms with Crippen LogP contribution in [0.5, 0.6) is 11.5 Å². The number of carbonyl (C=O) groups is 1. The second-order valence-corrected chi connectivity index (χ2v) is 8.94. The Morgan fingerprint density at radius 1 is 1.16 bits per heavy atom. The molecule has 0 radical (unpaired) electrons. The molecule has 0 atom stereocenters. The van der Waals surface area contributed by atoms with Crippen LogP contribution < -0.4 is 20.1 Å². The molecule has 0 spiro atoms. The van der Waals surface area contributed by atoms with E-state index in [1.54, 1.807) is 19.1 Å². The van der Waals surface area contributed by atoms with Crippen LogP contribution in [0.25, 0.3) is 0 Å². The largest absolute Gasteiger partial charge is 0.493 e. The number of nitrogens with one attached hydrogen (secondary N) is 2. The highest BCUT2D eigenvalue weighted by atomic mass is 127. The second-order valence-electron chi connectivity index (χ2n) is 8.94. The fourth-order valence-corrected chi connectivity index (χ4v) is 4.81. The summed E-state index contributed by atoms with van der Waals surface area (Å²) in [7, 11) is 7.11. The Kier molecular flexibility index (Phi) is 10.4. The summed E-state index contributed by atoms with van der Waals surface area (Å²) in [6.45, 7) is 1.15. The van der Waals surface area contributed by atoms with Gasteiger partial charge in [-0.15, -0.1) is 24.0 Å². The van der Waals surface area contributed by atoms with Gasteiger partial charge in [0.2, 0.25) is 5.91 Å². The zero-order chi connectivity index (χ0) is 22.3. The van der Waals surface area contributed by atoms with Crippen LogP contribution in [-0.4, -0.2) is 57.7 Å². The van der Waals surface area contributed by atoms with Gasteiger partial charge in [0.15, 0.2) is 17.5 Å². The number of methoxy groups -OCH3 is 1. The van der Waals surface area contributed by atoms with Crippen molar-refractivity contribution in [1.82, 2.24) is 15.5 Å². The molecule has 1 aromatic rings. The summed E-state index contributed by atoms with van der Waals surface area (Å²) in [5.74, 6) is 2.46. The fourth-order valence-electron chi connectivity index (χ4n) is 4.81. The molecule has 0 aromatic heterocycles. The summed E-state index contributed by atoms with van der Waals surface area (Å²) < 4.78 is 11.9. The molecule has 0 bridgehead atoms. The zero-order valence-electron chi connectivity index (χ0n) is 19.9. The van der Waals surface area contributed by atoms with Gasteiger partial charge in [-0.05, 0) is 44.6 Å². The van der Waals surface area contributed by atoms with Crippen LogP contribution in [0, 0.1) is 5.41 Å². The van der Waals surface area contributed by atoms with E-state index in [1.165, 1.54) is 12.8 Å². The molecular formula is C24H39IN4O3. The van der Waals surface area contributed by atoms with E-state index in [2.05, 4.69) is 21.7 Å². The van der Waals surface area contributed by atoms with Crippen molar-refractivity contribution in [3.05, 3.63) is 23.8 Å². The van der Waals surface area contributed by atoms with Crippen molar-refractivity contribution in [3.8, 4) is 11.5 Å². The van der Waals surface area contributed by atoms with E-state index in [-0.39, 0.29) is 41.4 Å². The summed E-state index contributed by atoms with van der Waals surface area (Å²) in [5, 5.41) is 6.79. The van der Waals surface area contributed by atoms with Crippen molar-refractivity contribution in [2.75, 3.05) is 34.8 Å². The summed E-state index contributed by atoms with van der Waals surface area (Å²) in [6, 6.07) is 5.98. The van der Waals surface area contributed by atoms with Crippen LogP contribution in [-0.2, 0) is 11.3 Å². The average molecular weight is 559 g/mol. The molecule has 0 aliphatic heterocycles. The second kappa shape index (κ2) is 12.5. The molecule has 180 valence electrons. The third-order valence-corrected chi connectivity index (χ3v) is 6.55. The maximum absolute atomic E-state index is 12.8. The molecule has 32 heavy (non-hydrogen) atoms. The van der Waals surface area contributed by atoms with Gasteiger partial charge in [0.1, 0.15) is 0 Å². The maximum atomic E-state index is 12.8. The lowest BCUT2D eigenvalue weighted by molar-refractivity contribution is -0.138. The lowest BCUT2D eigenvalue weighted by atomic mass is 9.84. The molecule has 2 fully saturated rings. The highest BCUT2D eigenvalue weighted by Crippen LogP contribution is 2.39. The zero-order valence-corrected chi connectivity index (χ0v) is 22.2. The van der Waals surface area contributed by atoms with Crippen molar-refractivity contribution in [1.29, 1.82) is 0 Å². The molecule has 2 aliphatic rings. The van der Waals surface area contributed by atoms with Gasteiger partial charge in [-0.3, -0.25) is 9.79 Å². The van der Waals surface area contributed by atoms with Gasteiger partial charge < -0.3 is 25.0 Å². The molecule has 3 rings (SSSR count). The topological polar surface area (TPSA) is 75.2 Å².